The summed E-state index contributed by atoms with van der Waals surface area (Å²) in [4.78, 5) is 6.33. The molecule has 0 bridgehead atoms. The van der Waals surface area contributed by atoms with Crippen LogP contribution >= 0.6 is 0 Å². The number of aliphatic imine (C=N–C) groups is 1. The minimum absolute atomic E-state index is 0.309. The lowest BCUT2D eigenvalue weighted by atomic mass is 9.89. The van der Waals surface area contributed by atoms with Gasteiger partial charge < -0.3 is 4.74 Å². The van der Waals surface area contributed by atoms with Gasteiger partial charge in [0.2, 0.25) is 0 Å². The van der Waals surface area contributed by atoms with Gasteiger partial charge in [-0.25, -0.2) is 4.39 Å². The van der Waals surface area contributed by atoms with Crippen LogP contribution in [0.25, 0.3) is 0 Å². The molecule has 0 amide bonds. The topological polar surface area (TPSA) is 24.8 Å². The number of rotatable bonds is 7. The summed E-state index contributed by atoms with van der Waals surface area (Å²) in [6.07, 6.45) is 0.666. The maximum absolute atomic E-state index is 13.9. The van der Waals surface area contributed by atoms with Crippen molar-refractivity contribution >= 4 is 5.90 Å². The zero-order valence-electron chi connectivity index (χ0n) is 13.2. The minimum Gasteiger partial charge on any atom is -0.476 e. The molecule has 0 radical (unpaired) electrons. The highest BCUT2D eigenvalue weighted by atomic mass is 19.1. The molecule has 1 rings (SSSR count). The molecule has 0 aliphatic heterocycles. The molecular weight excluding hydrogens is 262 g/mol. The lowest BCUT2D eigenvalue weighted by molar-refractivity contribution is 0.00262. The van der Waals surface area contributed by atoms with Gasteiger partial charge >= 0.3 is 0 Å². The van der Waals surface area contributed by atoms with Crippen LogP contribution in [-0.4, -0.2) is 55.4 Å². The van der Waals surface area contributed by atoms with Crippen LogP contribution in [-0.2, 0) is 4.74 Å². The molecule has 5 heteroatoms. The predicted molar refractivity (Wildman–Crippen MR) is 78.9 cm³/mol. The highest BCUT2D eigenvalue weighted by molar-refractivity contribution is 5.73. The molecular formula is C15H28F2N2O. The van der Waals surface area contributed by atoms with Gasteiger partial charge in [-0.2, -0.15) is 0 Å². The fraction of sp³-hybridized carbons (Fsp3) is 0.933. The third-order valence-electron chi connectivity index (χ3n) is 4.28. The van der Waals surface area contributed by atoms with E-state index in [1.54, 1.807) is 6.92 Å². The highest BCUT2D eigenvalue weighted by Gasteiger charge is 2.51. The van der Waals surface area contributed by atoms with Crippen LogP contribution in [0, 0.1) is 0 Å². The summed E-state index contributed by atoms with van der Waals surface area (Å²) in [7, 11) is 1.92. The standard InChI is InChI=1S/C15H28F2N2O/c1-5-9-18-12(3)20-14-10-13(17)11-15(14,7-8-16)19(4)6-2/h13-14H,5-11H2,1-4H3/b18-12+. The molecule has 0 saturated heterocycles. The van der Waals surface area contributed by atoms with Crippen LogP contribution < -0.4 is 0 Å². The Morgan fingerprint density at radius 1 is 1.45 bits per heavy atom. The second kappa shape index (κ2) is 7.91. The van der Waals surface area contributed by atoms with Crippen LogP contribution in [0.2, 0.25) is 0 Å². The average Bonchev–Trinajstić information content (AvgIpc) is 2.72. The van der Waals surface area contributed by atoms with Crippen molar-refractivity contribution < 1.29 is 13.5 Å². The van der Waals surface area contributed by atoms with Crippen LogP contribution in [0.1, 0.15) is 46.5 Å². The molecule has 0 spiro atoms. The van der Waals surface area contributed by atoms with E-state index in [9.17, 15) is 8.78 Å². The summed E-state index contributed by atoms with van der Waals surface area (Å²) in [5, 5.41) is 0. The molecule has 1 fully saturated rings. The molecule has 1 aliphatic rings. The Kier molecular flexibility index (Phi) is 6.86. The first kappa shape index (κ1) is 17.3. The fourth-order valence-corrected chi connectivity index (χ4v) is 3.05. The van der Waals surface area contributed by atoms with E-state index in [1.165, 1.54) is 0 Å². The first-order valence-electron chi connectivity index (χ1n) is 7.59. The minimum atomic E-state index is -0.931. The molecule has 3 nitrogen and oxygen atoms in total. The Balaban J connectivity index is 2.88. The normalized spacial score (nSPS) is 31.1. The van der Waals surface area contributed by atoms with E-state index in [0.29, 0.717) is 31.7 Å². The van der Waals surface area contributed by atoms with E-state index in [4.69, 9.17) is 4.74 Å². The molecule has 1 aliphatic carbocycles. The summed E-state index contributed by atoms with van der Waals surface area (Å²) in [6, 6.07) is 0. The maximum Gasteiger partial charge on any atom is 0.180 e. The molecule has 0 aromatic heterocycles. The fourth-order valence-electron chi connectivity index (χ4n) is 3.05. The molecule has 20 heavy (non-hydrogen) atoms. The van der Waals surface area contributed by atoms with Gasteiger partial charge in [0.1, 0.15) is 12.3 Å². The molecule has 3 unspecified atom stereocenters. The Bertz CT molecular complexity index is 325. The van der Waals surface area contributed by atoms with Gasteiger partial charge in [-0.15, -0.1) is 0 Å². The van der Waals surface area contributed by atoms with Crippen molar-refractivity contribution in [2.75, 3.05) is 26.8 Å². The van der Waals surface area contributed by atoms with Crippen LogP contribution in [0.15, 0.2) is 4.99 Å². The molecule has 0 aromatic rings. The largest absolute Gasteiger partial charge is 0.476 e. The van der Waals surface area contributed by atoms with Gasteiger partial charge in [0.15, 0.2) is 5.90 Å². The van der Waals surface area contributed by atoms with Crippen molar-refractivity contribution in [1.29, 1.82) is 0 Å². The Morgan fingerprint density at radius 3 is 2.70 bits per heavy atom. The summed E-state index contributed by atoms with van der Waals surface area (Å²) in [5.74, 6) is 0.582. The number of hydrogen-bond donors (Lipinski definition) is 0. The van der Waals surface area contributed by atoms with Crippen molar-refractivity contribution in [3.8, 4) is 0 Å². The second-order valence-corrected chi connectivity index (χ2v) is 5.60. The number of hydrogen-bond acceptors (Lipinski definition) is 3. The third-order valence-corrected chi connectivity index (χ3v) is 4.28. The van der Waals surface area contributed by atoms with E-state index in [2.05, 4.69) is 4.99 Å². The van der Waals surface area contributed by atoms with Gasteiger partial charge in [0.25, 0.3) is 0 Å². The van der Waals surface area contributed by atoms with E-state index >= 15 is 0 Å². The number of halogens is 2. The smallest absolute Gasteiger partial charge is 0.180 e. The van der Waals surface area contributed by atoms with Crippen LogP contribution in [0.4, 0.5) is 8.78 Å². The van der Waals surface area contributed by atoms with Crippen molar-refractivity contribution in [3.63, 3.8) is 0 Å². The number of nitrogens with zero attached hydrogens (tertiary/aromatic N) is 2. The second-order valence-electron chi connectivity index (χ2n) is 5.60. The maximum atomic E-state index is 13.9. The zero-order valence-corrected chi connectivity index (χ0v) is 13.2. The lowest BCUT2D eigenvalue weighted by Crippen LogP contribution is -2.53. The summed E-state index contributed by atoms with van der Waals surface area (Å²) >= 11 is 0. The lowest BCUT2D eigenvalue weighted by Gasteiger charge is -2.42. The first-order valence-corrected chi connectivity index (χ1v) is 7.59. The van der Waals surface area contributed by atoms with Gasteiger partial charge in [-0.1, -0.05) is 13.8 Å². The van der Waals surface area contributed by atoms with Crippen LogP contribution in [0.5, 0.6) is 0 Å². The number of ether oxygens (including phenoxy) is 1. The SMILES string of the molecule is CCC/N=C(\C)OC1CC(F)CC1(CCF)N(C)CC. The number of alkyl halides is 2. The molecule has 0 aromatic carbocycles. The zero-order chi connectivity index (χ0) is 15.2. The summed E-state index contributed by atoms with van der Waals surface area (Å²) in [6.45, 7) is 6.84. The van der Waals surface area contributed by atoms with E-state index in [1.807, 2.05) is 25.8 Å². The summed E-state index contributed by atoms with van der Waals surface area (Å²) < 4.78 is 32.8. The molecule has 3 atom stereocenters. The monoisotopic (exact) mass is 290 g/mol. The summed E-state index contributed by atoms with van der Waals surface area (Å²) in [5.41, 5.74) is -0.550. The highest BCUT2D eigenvalue weighted by Crippen LogP contribution is 2.41. The van der Waals surface area contributed by atoms with Crippen molar-refractivity contribution in [2.45, 2.75) is 64.3 Å². The Morgan fingerprint density at radius 2 is 2.15 bits per heavy atom. The molecule has 118 valence electrons. The van der Waals surface area contributed by atoms with Crippen molar-refractivity contribution in [2.24, 2.45) is 4.99 Å². The Labute approximate surface area is 121 Å². The molecule has 0 N–H and O–H groups in total. The third kappa shape index (κ3) is 3.90. The molecule has 1 saturated carbocycles. The van der Waals surface area contributed by atoms with E-state index in [0.717, 1.165) is 13.0 Å². The van der Waals surface area contributed by atoms with Gasteiger partial charge in [-0.3, -0.25) is 14.3 Å². The van der Waals surface area contributed by atoms with Gasteiger partial charge in [-0.05, 0) is 26.4 Å². The number of likely N-dealkylation sites (N-methyl/N-ethyl adjacent to an activating group) is 1. The Hall–Kier alpha value is -0.710. The van der Waals surface area contributed by atoms with E-state index in [-0.39, 0.29) is 6.10 Å². The average molecular weight is 290 g/mol. The predicted octanol–water partition coefficient (Wildman–Crippen LogP) is 3.38. The quantitative estimate of drug-likeness (QED) is 0.530. The van der Waals surface area contributed by atoms with Gasteiger partial charge in [0.05, 0.1) is 12.2 Å². The first-order chi connectivity index (χ1) is 9.50. The van der Waals surface area contributed by atoms with E-state index < -0.39 is 18.4 Å². The van der Waals surface area contributed by atoms with Crippen molar-refractivity contribution in [1.82, 2.24) is 4.90 Å². The molecule has 0 heterocycles. The van der Waals surface area contributed by atoms with Crippen molar-refractivity contribution in [3.05, 3.63) is 0 Å². The van der Waals surface area contributed by atoms with Gasteiger partial charge in [0, 0.05) is 26.3 Å². The van der Waals surface area contributed by atoms with Crippen LogP contribution in [0.3, 0.4) is 0 Å².